The number of carbonyl (C=O) groups is 1. The molecule has 0 aliphatic carbocycles. The first-order chi connectivity index (χ1) is 4.77. The van der Waals surface area contributed by atoms with Crippen LogP contribution in [0.25, 0.3) is 0 Å². The molecule has 1 N–H and O–H groups in total. The molecule has 0 bridgehead atoms. The van der Waals surface area contributed by atoms with Gasteiger partial charge in [0.15, 0.2) is 0 Å². The molecule has 0 unspecified atom stereocenters. The van der Waals surface area contributed by atoms with Crippen LogP contribution in [0.1, 0.15) is 32.6 Å². The Hall–Kier alpha value is -0.790. The highest BCUT2D eigenvalue weighted by Crippen LogP contribution is 1.94. The number of carboxylic acid groups (broad SMARTS) is 1. The molecule has 2 heteroatoms. The van der Waals surface area contributed by atoms with Gasteiger partial charge in [0.2, 0.25) is 0 Å². The summed E-state index contributed by atoms with van der Waals surface area (Å²) in [7, 11) is 0. The summed E-state index contributed by atoms with van der Waals surface area (Å²) >= 11 is 0. The minimum atomic E-state index is -0.721. The Morgan fingerprint density at radius 1 is 1.40 bits per heavy atom. The van der Waals surface area contributed by atoms with Gasteiger partial charge in [0.1, 0.15) is 0 Å². The first-order valence-electron chi connectivity index (χ1n) is 3.64. The predicted molar refractivity (Wildman–Crippen MR) is 40.9 cm³/mol. The Balaban J connectivity index is 3.10. The van der Waals surface area contributed by atoms with Crippen LogP contribution in [-0.4, -0.2) is 11.1 Å². The van der Waals surface area contributed by atoms with Crippen LogP contribution in [0.5, 0.6) is 0 Å². The molecule has 0 saturated heterocycles. The van der Waals surface area contributed by atoms with Gasteiger partial charge < -0.3 is 5.11 Å². The zero-order chi connectivity index (χ0) is 7.82. The van der Waals surface area contributed by atoms with E-state index in [1.165, 1.54) is 0 Å². The third-order valence-corrected chi connectivity index (χ3v) is 1.15. The van der Waals surface area contributed by atoms with Crippen LogP contribution in [-0.2, 0) is 4.79 Å². The van der Waals surface area contributed by atoms with Crippen molar-refractivity contribution in [2.45, 2.75) is 32.6 Å². The molecule has 0 aliphatic heterocycles. The van der Waals surface area contributed by atoms with Crippen molar-refractivity contribution in [3.05, 3.63) is 12.2 Å². The van der Waals surface area contributed by atoms with E-state index in [0.29, 0.717) is 6.42 Å². The van der Waals surface area contributed by atoms with Crippen molar-refractivity contribution >= 4 is 5.97 Å². The van der Waals surface area contributed by atoms with Crippen molar-refractivity contribution in [1.29, 1.82) is 0 Å². The van der Waals surface area contributed by atoms with Crippen LogP contribution < -0.4 is 0 Å². The molecule has 0 aromatic heterocycles. The van der Waals surface area contributed by atoms with Gasteiger partial charge in [-0.2, -0.15) is 0 Å². The molecule has 0 atom stereocenters. The van der Waals surface area contributed by atoms with Gasteiger partial charge in [-0.25, -0.2) is 0 Å². The van der Waals surface area contributed by atoms with Crippen LogP contribution >= 0.6 is 0 Å². The van der Waals surface area contributed by atoms with Crippen molar-refractivity contribution in [2.24, 2.45) is 0 Å². The quantitative estimate of drug-likeness (QED) is 0.597. The van der Waals surface area contributed by atoms with Gasteiger partial charge in [-0.05, 0) is 12.8 Å². The topological polar surface area (TPSA) is 37.3 Å². The molecule has 0 saturated carbocycles. The zero-order valence-corrected chi connectivity index (χ0v) is 6.34. The van der Waals surface area contributed by atoms with E-state index < -0.39 is 5.97 Å². The van der Waals surface area contributed by atoms with E-state index in [9.17, 15) is 4.79 Å². The molecule has 0 heterocycles. The maximum absolute atomic E-state index is 10.00. The van der Waals surface area contributed by atoms with E-state index in [2.05, 4.69) is 6.92 Å². The van der Waals surface area contributed by atoms with Crippen LogP contribution in [0.2, 0.25) is 0 Å². The molecule has 0 amide bonds. The molecule has 58 valence electrons. The molecule has 0 aromatic rings. The average Bonchev–Trinajstić information content (AvgIpc) is 1.87. The minimum Gasteiger partial charge on any atom is -0.481 e. The Labute approximate surface area is 61.6 Å². The highest BCUT2D eigenvalue weighted by Gasteiger charge is 1.90. The molecule has 0 rings (SSSR count). The lowest BCUT2D eigenvalue weighted by molar-refractivity contribution is -0.136. The maximum atomic E-state index is 10.00. The van der Waals surface area contributed by atoms with Gasteiger partial charge in [-0.15, -0.1) is 0 Å². The molecule has 10 heavy (non-hydrogen) atoms. The van der Waals surface area contributed by atoms with Crippen LogP contribution in [0.3, 0.4) is 0 Å². The van der Waals surface area contributed by atoms with Gasteiger partial charge >= 0.3 is 5.97 Å². The standard InChI is InChI=1S/C8H14O2/c1-2-3-4-5-6-7-8(9)10/h4-5H,2-3,6-7H2,1H3,(H,9,10). The Kier molecular flexibility index (Phi) is 5.83. The predicted octanol–water partition coefficient (Wildman–Crippen LogP) is 2.21. The van der Waals surface area contributed by atoms with Crippen LogP contribution in [0.15, 0.2) is 12.2 Å². The number of aliphatic carboxylic acids is 1. The third kappa shape index (κ3) is 7.21. The second-order valence-electron chi connectivity index (χ2n) is 2.19. The summed E-state index contributed by atoms with van der Waals surface area (Å²) < 4.78 is 0. The Morgan fingerprint density at radius 2 is 2.00 bits per heavy atom. The minimum absolute atomic E-state index is 0.250. The first-order valence-corrected chi connectivity index (χ1v) is 3.64. The van der Waals surface area contributed by atoms with Gasteiger partial charge in [0.25, 0.3) is 0 Å². The third-order valence-electron chi connectivity index (χ3n) is 1.15. The smallest absolute Gasteiger partial charge is 0.303 e. The van der Waals surface area contributed by atoms with Crippen molar-refractivity contribution in [3.63, 3.8) is 0 Å². The number of hydrogen-bond acceptors (Lipinski definition) is 1. The Morgan fingerprint density at radius 3 is 2.50 bits per heavy atom. The van der Waals surface area contributed by atoms with Gasteiger partial charge in [-0.1, -0.05) is 25.5 Å². The monoisotopic (exact) mass is 142 g/mol. The summed E-state index contributed by atoms with van der Waals surface area (Å²) in [6, 6.07) is 0. The second kappa shape index (κ2) is 6.33. The van der Waals surface area contributed by atoms with Gasteiger partial charge in [-0.3, -0.25) is 4.79 Å². The first kappa shape index (κ1) is 9.21. The molecule has 2 nitrogen and oxygen atoms in total. The maximum Gasteiger partial charge on any atom is 0.303 e. The highest BCUT2D eigenvalue weighted by molar-refractivity contribution is 5.66. The Bertz CT molecular complexity index is 116. The molecular weight excluding hydrogens is 128 g/mol. The van der Waals surface area contributed by atoms with Crippen LogP contribution in [0, 0.1) is 0 Å². The van der Waals surface area contributed by atoms with E-state index in [-0.39, 0.29) is 6.42 Å². The summed E-state index contributed by atoms with van der Waals surface area (Å²) in [6.07, 6.45) is 7.05. The fourth-order valence-electron chi connectivity index (χ4n) is 0.609. The second-order valence-corrected chi connectivity index (χ2v) is 2.19. The van der Waals surface area contributed by atoms with E-state index in [1.54, 1.807) is 0 Å². The molecule has 0 radical (unpaired) electrons. The van der Waals surface area contributed by atoms with Crippen molar-refractivity contribution < 1.29 is 9.90 Å². The van der Waals surface area contributed by atoms with Crippen molar-refractivity contribution in [1.82, 2.24) is 0 Å². The largest absolute Gasteiger partial charge is 0.481 e. The van der Waals surface area contributed by atoms with E-state index in [4.69, 9.17) is 5.11 Å². The summed E-state index contributed by atoms with van der Waals surface area (Å²) in [5.74, 6) is -0.721. The summed E-state index contributed by atoms with van der Waals surface area (Å²) in [4.78, 5) is 10.00. The van der Waals surface area contributed by atoms with E-state index in [1.807, 2.05) is 12.2 Å². The zero-order valence-electron chi connectivity index (χ0n) is 6.34. The number of hydrogen-bond donors (Lipinski definition) is 1. The fourth-order valence-corrected chi connectivity index (χ4v) is 0.609. The van der Waals surface area contributed by atoms with Crippen molar-refractivity contribution in [2.75, 3.05) is 0 Å². The number of rotatable bonds is 5. The molecular formula is C8H14O2. The summed E-state index contributed by atoms with van der Waals surface area (Å²) in [5, 5.41) is 8.24. The molecule has 0 aromatic carbocycles. The molecule has 0 fully saturated rings. The van der Waals surface area contributed by atoms with Crippen molar-refractivity contribution in [3.8, 4) is 0 Å². The highest BCUT2D eigenvalue weighted by atomic mass is 16.4. The molecule has 0 aliphatic rings. The SMILES string of the molecule is CCCC=CCCC(=O)O. The average molecular weight is 142 g/mol. The van der Waals surface area contributed by atoms with Crippen LogP contribution in [0.4, 0.5) is 0 Å². The lowest BCUT2D eigenvalue weighted by Gasteiger charge is -1.86. The normalized spacial score (nSPS) is 10.5. The van der Waals surface area contributed by atoms with Gasteiger partial charge in [0.05, 0.1) is 0 Å². The summed E-state index contributed by atoms with van der Waals surface area (Å²) in [5.41, 5.74) is 0. The fraction of sp³-hybridized carbons (Fsp3) is 0.625. The number of allylic oxidation sites excluding steroid dienone is 2. The van der Waals surface area contributed by atoms with E-state index in [0.717, 1.165) is 12.8 Å². The molecule has 0 spiro atoms. The van der Waals surface area contributed by atoms with Gasteiger partial charge in [0, 0.05) is 6.42 Å². The van der Waals surface area contributed by atoms with E-state index >= 15 is 0 Å². The lowest BCUT2D eigenvalue weighted by atomic mass is 10.2. The summed E-state index contributed by atoms with van der Waals surface area (Å²) in [6.45, 7) is 2.10. The number of unbranched alkanes of at least 4 members (excludes halogenated alkanes) is 1. The lowest BCUT2D eigenvalue weighted by Crippen LogP contribution is -1.91. The number of carboxylic acids is 1.